The van der Waals surface area contributed by atoms with Crippen molar-refractivity contribution >= 4 is 10.0 Å². The van der Waals surface area contributed by atoms with Crippen molar-refractivity contribution < 1.29 is 13.2 Å². The molecule has 1 aliphatic rings. The Balaban J connectivity index is 2.79. The van der Waals surface area contributed by atoms with Gasteiger partial charge in [-0.05, 0) is 26.3 Å². The van der Waals surface area contributed by atoms with Gasteiger partial charge < -0.3 is 10.1 Å². The Kier molecular flexibility index (Phi) is 5.85. The largest absolute Gasteiger partial charge is 0.383 e. The number of ether oxygens (including phenoxy) is 1. The first-order chi connectivity index (χ1) is 8.04. The Morgan fingerprint density at radius 3 is 2.71 bits per heavy atom. The first-order valence-corrected chi connectivity index (χ1v) is 7.74. The van der Waals surface area contributed by atoms with Crippen LogP contribution in [0.1, 0.15) is 26.7 Å². The molecule has 0 bridgehead atoms. The zero-order chi connectivity index (χ0) is 12.9. The molecule has 1 heterocycles. The SMILES string of the molecule is CCC(C)N(CCOC)S(=O)(=O)C1CCNC1. The normalized spacial score (nSPS) is 23.2. The second-order valence-corrected chi connectivity index (χ2v) is 6.69. The summed E-state index contributed by atoms with van der Waals surface area (Å²) in [7, 11) is -1.60. The molecule has 0 aliphatic carbocycles. The molecule has 0 spiro atoms. The minimum atomic E-state index is -3.19. The van der Waals surface area contributed by atoms with Gasteiger partial charge >= 0.3 is 0 Å². The van der Waals surface area contributed by atoms with Crippen molar-refractivity contribution in [1.82, 2.24) is 9.62 Å². The summed E-state index contributed by atoms with van der Waals surface area (Å²) in [4.78, 5) is 0. The first kappa shape index (κ1) is 14.9. The van der Waals surface area contributed by atoms with Crippen molar-refractivity contribution in [3.8, 4) is 0 Å². The fourth-order valence-corrected chi connectivity index (χ4v) is 4.16. The molecule has 1 fully saturated rings. The van der Waals surface area contributed by atoms with Crippen LogP contribution in [0.15, 0.2) is 0 Å². The fraction of sp³-hybridized carbons (Fsp3) is 1.00. The van der Waals surface area contributed by atoms with E-state index >= 15 is 0 Å². The molecule has 2 atom stereocenters. The van der Waals surface area contributed by atoms with Crippen molar-refractivity contribution in [1.29, 1.82) is 0 Å². The highest BCUT2D eigenvalue weighted by Gasteiger charge is 2.35. The summed E-state index contributed by atoms with van der Waals surface area (Å²) in [5.41, 5.74) is 0. The van der Waals surface area contributed by atoms with E-state index in [4.69, 9.17) is 4.74 Å². The smallest absolute Gasteiger partial charge is 0.218 e. The van der Waals surface area contributed by atoms with Crippen LogP contribution in [0, 0.1) is 0 Å². The second-order valence-electron chi connectivity index (χ2n) is 4.52. The highest BCUT2D eigenvalue weighted by Crippen LogP contribution is 2.19. The third-order valence-electron chi connectivity index (χ3n) is 3.36. The molecule has 0 saturated carbocycles. The maximum Gasteiger partial charge on any atom is 0.218 e. The number of methoxy groups -OCH3 is 1. The van der Waals surface area contributed by atoms with E-state index in [0.29, 0.717) is 26.1 Å². The van der Waals surface area contributed by atoms with Gasteiger partial charge in [-0.25, -0.2) is 8.42 Å². The highest BCUT2D eigenvalue weighted by atomic mass is 32.2. The van der Waals surface area contributed by atoms with Crippen LogP contribution in [-0.4, -0.2) is 57.4 Å². The number of hydrogen-bond donors (Lipinski definition) is 1. The van der Waals surface area contributed by atoms with E-state index in [0.717, 1.165) is 13.0 Å². The van der Waals surface area contributed by atoms with Crippen LogP contribution in [-0.2, 0) is 14.8 Å². The van der Waals surface area contributed by atoms with Crippen LogP contribution in [0.25, 0.3) is 0 Å². The quantitative estimate of drug-likeness (QED) is 0.724. The third kappa shape index (κ3) is 3.64. The molecule has 0 amide bonds. The summed E-state index contributed by atoms with van der Waals surface area (Å²) >= 11 is 0. The number of nitrogens with zero attached hydrogens (tertiary/aromatic N) is 1. The average Bonchev–Trinajstić information content (AvgIpc) is 2.83. The first-order valence-electron chi connectivity index (χ1n) is 6.24. The molecule has 1 aliphatic heterocycles. The molecular formula is C11H24N2O3S. The molecule has 2 unspecified atom stereocenters. The molecule has 102 valence electrons. The van der Waals surface area contributed by atoms with E-state index in [2.05, 4.69) is 5.32 Å². The summed E-state index contributed by atoms with van der Waals surface area (Å²) in [5, 5.41) is 2.84. The summed E-state index contributed by atoms with van der Waals surface area (Å²) in [6.45, 7) is 6.22. The van der Waals surface area contributed by atoms with Crippen molar-refractivity contribution in [3.05, 3.63) is 0 Å². The van der Waals surface area contributed by atoms with E-state index in [1.165, 1.54) is 0 Å². The van der Waals surface area contributed by atoms with E-state index in [9.17, 15) is 8.42 Å². The fourth-order valence-electron chi connectivity index (χ4n) is 2.06. The summed E-state index contributed by atoms with van der Waals surface area (Å²) in [6, 6.07) is 0.0377. The Morgan fingerprint density at radius 1 is 1.53 bits per heavy atom. The average molecular weight is 264 g/mol. The van der Waals surface area contributed by atoms with E-state index in [1.54, 1.807) is 11.4 Å². The second kappa shape index (κ2) is 6.68. The van der Waals surface area contributed by atoms with Crippen molar-refractivity contribution in [2.75, 3.05) is 33.4 Å². The van der Waals surface area contributed by atoms with Gasteiger partial charge in [0.05, 0.1) is 11.9 Å². The monoisotopic (exact) mass is 264 g/mol. The van der Waals surface area contributed by atoms with E-state index < -0.39 is 10.0 Å². The predicted molar refractivity (Wildman–Crippen MR) is 68.5 cm³/mol. The Hall–Kier alpha value is -0.170. The van der Waals surface area contributed by atoms with E-state index in [1.807, 2.05) is 13.8 Å². The molecule has 6 heteroatoms. The predicted octanol–water partition coefficient (Wildman–Crippen LogP) is 0.425. The summed E-state index contributed by atoms with van der Waals surface area (Å²) in [6.07, 6.45) is 1.53. The minimum Gasteiger partial charge on any atom is -0.383 e. The van der Waals surface area contributed by atoms with Crippen molar-refractivity contribution in [2.45, 2.75) is 38.0 Å². The van der Waals surface area contributed by atoms with Gasteiger partial charge in [-0.1, -0.05) is 6.92 Å². The van der Waals surface area contributed by atoms with Crippen LogP contribution < -0.4 is 5.32 Å². The zero-order valence-corrected chi connectivity index (χ0v) is 11.8. The molecule has 0 aromatic carbocycles. The van der Waals surface area contributed by atoms with Gasteiger partial charge in [-0.2, -0.15) is 4.31 Å². The van der Waals surface area contributed by atoms with Gasteiger partial charge in [0.2, 0.25) is 10.0 Å². The summed E-state index contributed by atoms with van der Waals surface area (Å²) < 4.78 is 31.5. The molecule has 1 N–H and O–H groups in total. The number of hydrogen-bond acceptors (Lipinski definition) is 4. The van der Waals surface area contributed by atoms with Crippen molar-refractivity contribution in [3.63, 3.8) is 0 Å². The Bertz CT molecular complexity index is 313. The van der Waals surface area contributed by atoms with Crippen LogP contribution in [0.4, 0.5) is 0 Å². The van der Waals surface area contributed by atoms with Gasteiger partial charge in [0.15, 0.2) is 0 Å². The molecule has 5 nitrogen and oxygen atoms in total. The molecule has 0 aromatic heterocycles. The van der Waals surface area contributed by atoms with Crippen LogP contribution in [0.2, 0.25) is 0 Å². The maximum absolute atomic E-state index is 12.5. The van der Waals surface area contributed by atoms with Gasteiger partial charge in [-0.3, -0.25) is 0 Å². The Morgan fingerprint density at radius 2 is 2.24 bits per heavy atom. The molecular weight excluding hydrogens is 240 g/mol. The molecule has 0 aromatic rings. The lowest BCUT2D eigenvalue weighted by molar-refractivity contribution is 0.167. The van der Waals surface area contributed by atoms with Gasteiger partial charge in [0.25, 0.3) is 0 Å². The van der Waals surface area contributed by atoms with E-state index in [-0.39, 0.29) is 11.3 Å². The molecule has 17 heavy (non-hydrogen) atoms. The van der Waals surface area contributed by atoms with Gasteiger partial charge in [-0.15, -0.1) is 0 Å². The lowest BCUT2D eigenvalue weighted by atomic mass is 10.3. The number of nitrogens with one attached hydrogen (secondary N) is 1. The lowest BCUT2D eigenvalue weighted by Crippen LogP contribution is -2.46. The highest BCUT2D eigenvalue weighted by molar-refractivity contribution is 7.89. The van der Waals surface area contributed by atoms with Crippen LogP contribution in [0.3, 0.4) is 0 Å². The molecule has 0 radical (unpaired) electrons. The Labute approximate surface area is 105 Å². The number of rotatable bonds is 7. The van der Waals surface area contributed by atoms with Gasteiger partial charge in [0.1, 0.15) is 0 Å². The van der Waals surface area contributed by atoms with Crippen LogP contribution in [0.5, 0.6) is 0 Å². The number of sulfonamides is 1. The topological polar surface area (TPSA) is 58.6 Å². The molecule has 1 rings (SSSR count). The van der Waals surface area contributed by atoms with Gasteiger partial charge in [0, 0.05) is 26.2 Å². The van der Waals surface area contributed by atoms with Crippen LogP contribution >= 0.6 is 0 Å². The van der Waals surface area contributed by atoms with Crippen molar-refractivity contribution in [2.24, 2.45) is 0 Å². The zero-order valence-electron chi connectivity index (χ0n) is 11.0. The minimum absolute atomic E-state index is 0.0377. The maximum atomic E-state index is 12.5. The lowest BCUT2D eigenvalue weighted by Gasteiger charge is -2.29. The standard InChI is InChI=1S/C11H24N2O3S/c1-4-10(2)13(7-8-16-3)17(14,15)11-5-6-12-9-11/h10-12H,4-9H2,1-3H3. The summed E-state index contributed by atoms with van der Waals surface area (Å²) in [5.74, 6) is 0. The third-order valence-corrected chi connectivity index (χ3v) is 5.80. The molecule has 1 saturated heterocycles.